The number of aryl methyl sites for hydroxylation is 1. The maximum Gasteiger partial charge on any atom is 0.258 e. The van der Waals surface area contributed by atoms with E-state index in [2.05, 4.69) is 20.3 Å². The standard InChI is InChI=1S/C24H25N7O2S/c1-15(20-12-25-14-31(20)3)27-23-26-9-7-18(29-23)19-13-34-21(28-19)16-5-4-6-17(11-16)24(33)8-10-30(2)22(24)32/h4-7,9,11-15,33H,8,10H2,1-3H3,(H,26,27,29). The third kappa shape index (κ3) is 3.95. The fourth-order valence-electron chi connectivity index (χ4n) is 4.18. The topological polar surface area (TPSA) is 109 Å². The van der Waals surface area contributed by atoms with Crippen LogP contribution in [0.4, 0.5) is 5.95 Å². The zero-order valence-electron chi connectivity index (χ0n) is 19.1. The molecule has 1 aliphatic heterocycles. The molecular formula is C24H25N7O2S. The molecule has 0 saturated carbocycles. The van der Waals surface area contributed by atoms with Crippen molar-refractivity contribution in [1.29, 1.82) is 0 Å². The Morgan fingerprint density at radius 1 is 1.21 bits per heavy atom. The van der Waals surface area contributed by atoms with Crippen molar-refractivity contribution < 1.29 is 9.90 Å². The number of amides is 1. The van der Waals surface area contributed by atoms with Crippen LogP contribution in [0.1, 0.15) is 30.6 Å². The molecule has 5 rings (SSSR count). The van der Waals surface area contributed by atoms with E-state index in [1.54, 1.807) is 30.5 Å². The smallest absolute Gasteiger partial charge is 0.258 e. The van der Waals surface area contributed by atoms with E-state index in [0.29, 0.717) is 30.2 Å². The number of imidazole rings is 1. The minimum atomic E-state index is -1.48. The number of thiazole rings is 1. The molecule has 34 heavy (non-hydrogen) atoms. The Balaban J connectivity index is 1.38. The highest BCUT2D eigenvalue weighted by atomic mass is 32.1. The van der Waals surface area contributed by atoms with E-state index in [-0.39, 0.29) is 11.9 Å². The van der Waals surface area contributed by atoms with Crippen LogP contribution in [0.15, 0.2) is 54.4 Å². The molecule has 1 aromatic carbocycles. The van der Waals surface area contributed by atoms with E-state index in [4.69, 9.17) is 4.98 Å². The zero-order chi connectivity index (χ0) is 23.9. The molecule has 4 heterocycles. The number of aromatic nitrogens is 5. The van der Waals surface area contributed by atoms with Gasteiger partial charge in [-0.2, -0.15) is 0 Å². The van der Waals surface area contributed by atoms with Crippen molar-refractivity contribution in [1.82, 2.24) is 29.4 Å². The highest BCUT2D eigenvalue weighted by molar-refractivity contribution is 7.13. The van der Waals surface area contributed by atoms with Crippen molar-refractivity contribution in [2.75, 3.05) is 18.9 Å². The number of benzene rings is 1. The summed E-state index contributed by atoms with van der Waals surface area (Å²) in [6.45, 7) is 2.56. The lowest BCUT2D eigenvalue weighted by Gasteiger charge is -2.21. The van der Waals surface area contributed by atoms with Gasteiger partial charge in [0.2, 0.25) is 5.95 Å². The number of hydrogen-bond donors (Lipinski definition) is 2. The summed E-state index contributed by atoms with van der Waals surface area (Å²) in [5.41, 5.74) is 2.43. The Morgan fingerprint density at radius 3 is 2.79 bits per heavy atom. The van der Waals surface area contributed by atoms with Gasteiger partial charge in [-0.1, -0.05) is 18.2 Å². The molecule has 2 unspecified atom stereocenters. The van der Waals surface area contributed by atoms with Gasteiger partial charge in [-0.05, 0) is 24.6 Å². The minimum absolute atomic E-state index is 0.0142. The Labute approximate surface area is 201 Å². The third-order valence-electron chi connectivity index (χ3n) is 6.16. The van der Waals surface area contributed by atoms with Crippen molar-refractivity contribution >= 4 is 23.2 Å². The summed E-state index contributed by atoms with van der Waals surface area (Å²) >= 11 is 1.49. The van der Waals surface area contributed by atoms with E-state index in [0.717, 1.165) is 22.0 Å². The van der Waals surface area contributed by atoms with Gasteiger partial charge in [0.05, 0.1) is 30.0 Å². The minimum Gasteiger partial charge on any atom is -0.375 e. The molecule has 1 fully saturated rings. The summed E-state index contributed by atoms with van der Waals surface area (Å²) in [4.78, 5) is 32.0. The lowest BCUT2D eigenvalue weighted by Crippen LogP contribution is -2.36. The van der Waals surface area contributed by atoms with Gasteiger partial charge in [0.15, 0.2) is 5.60 Å². The van der Waals surface area contributed by atoms with E-state index in [1.165, 1.54) is 11.3 Å². The van der Waals surface area contributed by atoms with Gasteiger partial charge < -0.3 is 19.9 Å². The first-order valence-corrected chi connectivity index (χ1v) is 11.8. The van der Waals surface area contributed by atoms with Crippen LogP contribution in [-0.4, -0.2) is 54.0 Å². The number of nitrogens with one attached hydrogen (secondary N) is 1. The first-order chi connectivity index (χ1) is 16.3. The Morgan fingerprint density at radius 2 is 2.06 bits per heavy atom. The largest absolute Gasteiger partial charge is 0.375 e. The van der Waals surface area contributed by atoms with Crippen LogP contribution in [0.5, 0.6) is 0 Å². The van der Waals surface area contributed by atoms with Crippen LogP contribution in [-0.2, 0) is 17.4 Å². The highest BCUT2D eigenvalue weighted by Crippen LogP contribution is 2.36. The summed E-state index contributed by atoms with van der Waals surface area (Å²) in [7, 11) is 3.66. The molecule has 2 N–H and O–H groups in total. The number of aliphatic hydroxyl groups is 1. The molecule has 0 aliphatic carbocycles. The van der Waals surface area contributed by atoms with Crippen LogP contribution in [0.25, 0.3) is 22.0 Å². The van der Waals surface area contributed by atoms with Gasteiger partial charge in [-0.15, -0.1) is 11.3 Å². The van der Waals surface area contributed by atoms with Crippen molar-refractivity contribution in [3.05, 3.63) is 65.7 Å². The molecule has 1 saturated heterocycles. The molecule has 9 nitrogen and oxygen atoms in total. The van der Waals surface area contributed by atoms with E-state index in [1.807, 2.05) is 54.4 Å². The van der Waals surface area contributed by atoms with Crippen LogP contribution in [0, 0.1) is 0 Å². The molecule has 4 aromatic rings. The second kappa shape index (κ2) is 8.62. The van der Waals surface area contributed by atoms with Crippen LogP contribution < -0.4 is 5.32 Å². The molecule has 174 valence electrons. The number of hydrogen-bond acceptors (Lipinski definition) is 8. The third-order valence-corrected chi connectivity index (χ3v) is 7.05. The van der Waals surface area contributed by atoms with Gasteiger partial charge in [0.1, 0.15) is 10.7 Å². The van der Waals surface area contributed by atoms with Gasteiger partial charge >= 0.3 is 0 Å². The number of likely N-dealkylation sites (tertiary alicyclic amines) is 1. The van der Waals surface area contributed by atoms with Gasteiger partial charge in [-0.25, -0.2) is 19.9 Å². The number of carbonyl (C=O) groups is 1. The van der Waals surface area contributed by atoms with Crippen molar-refractivity contribution in [3.63, 3.8) is 0 Å². The molecular weight excluding hydrogens is 450 g/mol. The Kier molecular flexibility index (Phi) is 5.62. The van der Waals surface area contributed by atoms with Gasteiger partial charge in [0, 0.05) is 44.2 Å². The number of anilines is 1. The quantitative estimate of drug-likeness (QED) is 0.441. The Bertz CT molecular complexity index is 1350. The monoisotopic (exact) mass is 475 g/mol. The van der Waals surface area contributed by atoms with E-state index >= 15 is 0 Å². The van der Waals surface area contributed by atoms with Crippen LogP contribution >= 0.6 is 11.3 Å². The average molecular weight is 476 g/mol. The molecule has 10 heteroatoms. The van der Waals surface area contributed by atoms with E-state index < -0.39 is 5.60 Å². The summed E-state index contributed by atoms with van der Waals surface area (Å²) in [6, 6.07) is 9.23. The number of rotatable bonds is 6. The Hall–Kier alpha value is -3.63. The second-order valence-electron chi connectivity index (χ2n) is 8.52. The lowest BCUT2D eigenvalue weighted by atomic mass is 9.91. The van der Waals surface area contributed by atoms with Crippen molar-refractivity contribution in [2.45, 2.75) is 25.0 Å². The fourth-order valence-corrected chi connectivity index (χ4v) is 4.99. The van der Waals surface area contributed by atoms with Crippen LogP contribution in [0.3, 0.4) is 0 Å². The second-order valence-corrected chi connectivity index (χ2v) is 9.37. The molecule has 0 bridgehead atoms. The fraction of sp³-hybridized carbons (Fsp3) is 0.292. The zero-order valence-corrected chi connectivity index (χ0v) is 20.0. The normalized spacial score (nSPS) is 18.9. The maximum atomic E-state index is 12.5. The maximum absolute atomic E-state index is 12.5. The number of carbonyl (C=O) groups excluding carboxylic acids is 1. The summed E-state index contributed by atoms with van der Waals surface area (Å²) in [6.07, 6.45) is 5.66. The number of nitrogens with zero attached hydrogens (tertiary/aromatic N) is 6. The van der Waals surface area contributed by atoms with Gasteiger partial charge in [0.25, 0.3) is 5.91 Å². The van der Waals surface area contributed by atoms with Crippen molar-refractivity contribution in [2.24, 2.45) is 7.05 Å². The van der Waals surface area contributed by atoms with Gasteiger partial charge in [-0.3, -0.25) is 4.79 Å². The molecule has 0 radical (unpaired) electrons. The summed E-state index contributed by atoms with van der Waals surface area (Å²) in [5.74, 6) is 0.236. The lowest BCUT2D eigenvalue weighted by molar-refractivity contribution is -0.143. The van der Waals surface area contributed by atoms with E-state index in [9.17, 15) is 9.90 Å². The molecule has 1 amide bonds. The SMILES string of the molecule is CC(Nc1nccc(-c2csc(-c3cccc(C4(O)CCN(C)C4=O)c3)n2)n1)c1cncn1C. The van der Waals surface area contributed by atoms with Crippen LogP contribution in [0.2, 0.25) is 0 Å². The molecule has 2 atom stereocenters. The number of likely N-dealkylation sites (N-methyl/N-ethyl adjacent to an activating group) is 1. The molecule has 3 aromatic heterocycles. The highest BCUT2D eigenvalue weighted by Gasteiger charge is 2.45. The summed E-state index contributed by atoms with van der Waals surface area (Å²) in [5, 5.41) is 17.1. The predicted molar refractivity (Wildman–Crippen MR) is 130 cm³/mol. The first-order valence-electron chi connectivity index (χ1n) is 11.0. The average Bonchev–Trinajstić information content (AvgIpc) is 3.57. The van der Waals surface area contributed by atoms with Crippen molar-refractivity contribution in [3.8, 4) is 22.0 Å². The summed E-state index contributed by atoms with van der Waals surface area (Å²) < 4.78 is 1.95. The predicted octanol–water partition coefficient (Wildman–Crippen LogP) is 3.22. The molecule has 0 spiro atoms. The molecule has 1 aliphatic rings. The first kappa shape index (κ1) is 22.2.